The zero-order chi connectivity index (χ0) is 12.3. The van der Waals surface area contributed by atoms with Gasteiger partial charge in [-0.05, 0) is 24.0 Å². The average Bonchev–Trinajstić information content (AvgIpc) is 2.75. The minimum absolute atomic E-state index is 0.123. The Morgan fingerprint density at radius 1 is 1.47 bits per heavy atom. The number of benzene rings is 1. The quantitative estimate of drug-likeness (QED) is 0.936. The lowest BCUT2D eigenvalue weighted by atomic mass is 10.2. The Labute approximate surface area is 112 Å². The minimum atomic E-state index is 0.123. The van der Waals surface area contributed by atoms with Gasteiger partial charge in [-0.2, -0.15) is 16.7 Å². The second kappa shape index (κ2) is 5.55. The van der Waals surface area contributed by atoms with Crippen molar-refractivity contribution in [3.05, 3.63) is 28.5 Å². The molecule has 1 N–H and O–H groups in total. The molecule has 0 unspecified atom stereocenters. The Kier molecular flexibility index (Phi) is 4.06. The Hall–Kier alpha value is -1.01. The number of aromatic nitrogens is 2. The van der Waals surface area contributed by atoms with Crippen molar-refractivity contribution in [1.29, 1.82) is 0 Å². The van der Waals surface area contributed by atoms with Crippen LogP contribution in [0.1, 0.15) is 12.7 Å². The van der Waals surface area contributed by atoms with E-state index in [1.807, 2.05) is 6.07 Å². The summed E-state index contributed by atoms with van der Waals surface area (Å²) in [4.78, 5) is 4.23. The first-order chi connectivity index (χ1) is 8.20. The molecule has 0 spiro atoms. The normalized spacial score (nSPS) is 10.7. The van der Waals surface area contributed by atoms with Crippen molar-refractivity contribution in [1.82, 2.24) is 10.1 Å². The SMILES string of the molecule is CCSCc1noc(-c2ccc(Br)cc2O)n1. The first-order valence-corrected chi connectivity index (χ1v) is 7.04. The Morgan fingerprint density at radius 3 is 3.00 bits per heavy atom. The summed E-state index contributed by atoms with van der Waals surface area (Å²) < 4.78 is 5.92. The second-order valence-corrected chi connectivity index (χ2v) is 5.50. The van der Waals surface area contributed by atoms with E-state index in [1.165, 1.54) is 0 Å². The van der Waals surface area contributed by atoms with Crippen molar-refractivity contribution >= 4 is 27.7 Å². The largest absolute Gasteiger partial charge is 0.507 e. The zero-order valence-electron chi connectivity index (χ0n) is 9.18. The molecule has 90 valence electrons. The van der Waals surface area contributed by atoms with Crippen molar-refractivity contribution in [2.75, 3.05) is 5.75 Å². The summed E-state index contributed by atoms with van der Waals surface area (Å²) in [6.07, 6.45) is 0. The molecule has 17 heavy (non-hydrogen) atoms. The third-order valence-electron chi connectivity index (χ3n) is 2.09. The van der Waals surface area contributed by atoms with E-state index >= 15 is 0 Å². The monoisotopic (exact) mass is 314 g/mol. The smallest absolute Gasteiger partial charge is 0.261 e. The minimum Gasteiger partial charge on any atom is -0.507 e. The maximum atomic E-state index is 9.77. The van der Waals surface area contributed by atoms with Crippen molar-refractivity contribution in [3.8, 4) is 17.2 Å². The number of thioether (sulfide) groups is 1. The third-order valence-corrected chi connectivity index (χ3v) is 3.46. The first-order valence-electron chi connectivity index (χ1n) is 5.10. The highest BCUT2D eigenvalue weighted by molar-refractivity contribution is 9.10. The molecule has 0 saturated carbocycles. The van der Waals surface area contributed by atoms with Crippen LogP contribution < -0.4 is 0 Å². The highest BCUT2D eigenvalue weighted by Gasteiger charge is 2.12. The number of phenols is 1. The molecule has 1 aromatic heterocycles. The topological polar surface area (TPSA) is 59.2 Å². The van der Waals surface area contributed by atoms with E-state index in [-0.39, 0.29) is 5.75 Å². The van der Waals surface area contributed by atoms with Crippen LogP contribution in [0, 0.1) is 0 Å². The van der Waals surface area contributed by atoms with E-state index in [4.69, 9.17) is 4.52 Å². The maximum absolute atomic E-state index is 9.77. The number of rotatable bonds is 4. The van der Waals surface area contributed by atoms with Gasteiger partial charge in [0.25, 0.3) is 5.89 Å². The number of phenolic OH excluding ortho intramolecular Hbond substituents is 1. The fourth-order valence-electron chi connectivity index (χ4n) is 1.30. The van der Waals surface area contributed by atoms with Gasteiger partial charge < -0.3 is 9.63 Å². The molecule has 1 heterocycles. The van der Waals surface area contributed by atoms with Gasteiger partial charge in [0.05, 0.1) is 11.3 Å². The fraction of sp³-hybridized carbons (Fsp3) is 0.273. The molecule has 2 aromatic rings. The van der Waals surface area contributed by atoms with Gasteiger partial charge in [0.15, 0.2) is 5.82 Å². The summed E-state index contributed by atoms with van der Waals surface area (Å²) in [7, 11) is 0. The molecule has 0 aliphatic heterocycles. The van der Waals surface area contributed by atoms with E-state index in [2.05, 4.69) is 33.0 Å². The van der Waals surface area contributed by atoms with Crippen LogP contribution in [0.25, 0.3) is 11.5 Å². The van der Waals surface area contributed by atoms with Gasteiger partial charge >= 0.3 is 0 Å². The number of hydrogen-bond acceptors (Lipinski definition) is 5. The molecule has 1 aromatic carbocycles. The van der Waals surface area contributed by atoms with Crippen LogP contribution >= 0.6 is 27.7 Å². The molecule has 0 amide bonds. The zero-order valence-corrected chi connectivity index (χ0v) is 11.6. The van der Waals surface area contributed by atoms with E-state index < -0.39 is 0 Å². The van der Waals surface area contributed by atoms with Crippen molar-refractivity contribution in [2.24, 2.45) is 0 Å². The fourth-order valence-corrected chi connectivity index (χ4v) is 2.15. The molecule has 0 saturated heterocycles. The summed E-state index contributed by atoms with van der Waals surface area (Å²) in [5.74, 6) is 2.85. The average molecular weight is 315 g/mol. The maximum Gasteiger partial charge on any atom is 0.261 e. The molecular formula is C11H11BrN2O2S. The van der Waals surface area contributed by atoms with Crippen LogP contribution in [0.3, 0.4) is 0 Å². The van der Waals surface area contributed by atoms with Gasteiger partial charge in [0.2, 0.25) is 0 Å². The van der Waals surface area contributed by atoms with Gasteiger partial charge in [-0.15, -0.1) is 0 Å². The van der Waals surface area contributed by atoms with E-state index in [0.717, 1.165) is 16.0 Å². The Balaban J connectivity index is 2.24. The summed E-state index contributed by atoms with van der Waals surface area (Å²) in [6.45, 7) is 2.08. The van der Waals surface area contributed by atoms with Crippen LogP contribution in [0.2, 0.25) is 0 Å². The number of hydrogen-bond donors (Lipinski definition) is 1. The van der Waals surface area contributed by atoms with Crippen molar-refractivity contribution < 1.29 is 9.63 Å². The van der Waals surface area contributed by atoms with Crippen LogP contribution in [0.15, 0.2) is 27.2 Å². The van der Waals surface area contributed by atoms with E-state index in [1.54, 1.807) is 23.9 Å². The van der Waals surface area contributed by atoms with E-state index in [0.29, 0.717) is 17.3 Å². The van der Waals surface area contributed by atoms with Crippen LogP contribution in [-0.4, -0.2) is 21.0 Å². The number of halogens is 1. The van der Waals surface area contributed by atoms with Crippen LogP contribution in [0.5, 0.6) is 5.75 Å². The summed E-state index contributed by atoms with van der Waals surface area (Å²) >= 11 is 5.00. The van der Waals surface area contributed by atoms with Crippen LogP contribution in [0.4, 0.5) is 0 Å². The lowest BCUT2D eigenvalue weighted by Crippen LogP contribution is -1.84. The van der Waals surface area contributed by atoms with Gasteiger partial charge in [0.1, 0.15) is 5.75 Å². The predicted molar refractivity (Wildman–Crippen MR) is 70.9 cm³/mol. The lowest BCUT2D eigenvalue weighted by molar-refractivity contribution is 0.419. The predicted octanol–water partition coefficient (Wildman–Crippen LogP) is 3.46. The standard InChI is InChI=1S/C11H11BrN2O2S/c1-2-17-6-10-13-11(16-14-10)8-4-3-7(12)5-9(8)15/h3-5,15H,2,6H2,1H3. The molecule has 6 heteroatoms. The lowest BCUT2D eigenvalue weighted by Gasteiger charge is -1.98. The molecule has 4 nitrogen and oxygen atoms in total. The molecule has 0 aliphatic rings. The highest BCUT2D eigenvalue weighted by atomic mass is 79.9. The van der Waals surface area contributed by atoms with Crippen molar-refractivity contribution in [3.63, 3.8) is 0 Å². The van der Waals surface area contributed by atoms with Crippen LogP contribution in [-0.2, 0) is 5.75 Å². The number of aromatic hydroxyl groups is 1. The summed E-state index contributed by atoms with van der Waals surface area (Å²) in [5.41, 5.74) is 0.549. The van der Waals surface area contributed by atoms with E-state index in [9.17, 15) is 5.11 Å². The Bertz CT molecular complexity index is 516. The molecule has 0 aliphatic carbocycles. The first kappa shape index (κ1) is 12.4. The molecule has 0 atom stereocenters. The molecule has 0 radical (unpaired) electrons. The Morgan fingerprint density at radius 2 is 2.29 bits per heavy atom. The number of nitrogens with zero attached hydrogens (tertiary/aromatic N) is 2. The molecule has 0 bridgehead atoms. The summed E-state index contributed by atoms with van der Waals surface area (Å²) in [6, 6.07) is 5.16. The molecule has 0 fully saturated rings. The van der Waals surface area contributed by atoms with Gasteiger partial charge in [0, 0.05) is 4.47 Å². The van der Waals surface area contributed by atoms with Gasteiger partial charge in [-0.1, -0.05) is 28.0 Å². The summed E-state index contributed by atoms with van der Waals surface area (Å²) in [5, 5.41) is 13.6. The van der Waals surface area contributed by atoms with Gasteiger partial charge in [-0.25, -0.2) is 0 Å². The van der Waals surface area contributed by atoms with Crippen molar-refractivity contribution in [2.45, 2.75) is 12.7 Å². The third kappa shape index (κ3) is 3.01. The highest BCUT2D eigenvalue weighted by Crippen LogP contribution is 2.30. The molecule has 2 rings (SSSR count). The molecular weight excluding hydrogens is 304 g/mol. The second-order valence-electron chi connectivity index (χ2n) is 3.31. The van der Waals surface area contributed by atoms with Gasteiger partial charge in [-0.3, -0.25) is 0 Å².